The van der Waals surface area contributed by atoms with Crippen LogP contribution in [0.15, 0.2) is 24.5 Å². The van der Waals surface area contributed by atoms with Gasteiger partial charge in [0.15, 0.2) is 0 Å². The van der Waals surface area contributed by atoms with Gasteiger partial charge in [-0.25, -0.2) is 4.52 Å². The number of nitrogens with one attached hydrogen (secondary N) is 2. The second-order valence-corrected chi connectivity index (χ2v) is 12.3. The van der Waals surface area contributed by atoms with Gasteiger partial charge in [-0.3, -0.25) is 14.4 Å². The molecule has 2 aromatic heterocycles. The third-order valence-electron chi connectivity index (χ3n) is 8.03. The van der Waals surface area contributed by atoms with Crippen LogP contribution in [0.4, 0.5) is 13.2 Å². The first-order valence-electron chi connectivity index (χ1n) is 13.4. The van der Waals surface area contributed by atoms with Crippen LogP contribution in [-0.2, 0) is 19.1 Å². The van der Waals surface area contributed by atoms with Crippen molar-refractivity contribution in [2.75, 3.05) is 6.54 Å². The van der Waals surface area contributed by atoms with Crippen molar-refractivity contribution in [2.45, 2.75) is 77.5 Å². The average molecular weight is 587 g/mol. The minimum absolute atomic E-state index is 0.0877. The zero-order valence-corrected chi connectivity index (χ0v) is 24.1. The standard InChI is InChI=1S/C29H33F3N6O4/c1-8-16-10-9-11-38-22(16)17(13-34-38)19(12-33)35-24(39)23-20-18(28(20,6)7)14-37(23)25(40)21(15(2)42-27(3,4)5)36-26(41)29(30,31)32/h1,9-11,13,15,18-21,23H,14H2,2-7H3,(H,35,39)(H,36,41)/t15-,18+,19?,20+,21+,23+/m1/s1. The Morgan fingerprint density at radius 2 is 1.90 bits per heavy atom. The predicted octanol–water partition coefficient (Wildman–Crippen LogP) is 2.73. The van der Waals surface area contributed by atoms with E-state index in [1.165, 1.54) is 22.5 Å². The lowest BCUT2D eigenvalue weighted by Crippen LogP contribution is -2.61. The van der Waals surface area contributed by atoms with E-state index in [0.29, 0.717) is 16.6 Å². The molecule has 0 bridgehead atoms. The van der Waals surface area contributed by atoms with E-state index in [1.54, 1.807) is 44.4 Å². The second-order valence-electron chi connectivity index (χ2n) is 12.3. The normalized spacial score (nSPS) is 23.2. The number of carbonyl (C=O) groups excluding carboxylic acids is 3. The number of aromatic nitrogens is 2. The molecule has 1 saturated carbocycles. The quantitative estimate of drug-likeness (QED) is 0.481. The Morgan fingerprint density at radius 3 is 2.48 bits per heavy atom. The number of hydrogen-bond donors (Lipinski definition) is 2. The van der Waals surface area contributed by atoms with Gasteiger partial charge in [-0.05, 0) is 57.1 Å². The lowest BCUT2D eigenvalue weighted by molar-refractivity contribution is -0.177. The van der Waals surface area contributed by atoms with E-state index in [0.717, 1.165) is 0 Å². The van der Waals surface area contributed by atoms with Crippen molar-refractivity contribution in [3.8, 4) is 18.4 Å². The Balaban J connectivity index is 1.65. The monoisotopic (exact) mass is 586 g/mol. The molecule has 1 saturated heterocycles. The number of nitrogens with zero attached hydrogens (tertiary/aromatic N) is 4. The van der Waals surface area contributed by atoms with Gasteiger partial charge in [-0.1, -0.05) is 19.8 Å². The molecule has 1 aliphatic heterocycles. The summed E-state index contributed by atoms with van der Waals surface area (Å²) < 4.78 is 46.9. The zero-order valence-electron chi connectivity index (χ0n) is 24.1. The smallest absolute Gasteiger partial charge is 0.370 e. The van der Waals surface area contributed by atoms with Crippen molar-refractivity contribution in [1.29, 1.82) is 5.26 Å². The summed E-state index contributed by atoms with van der Waals surface area (Å²) in [6.07, 6.45) is 2.28. The minimum Gasteiger partial charge on any atom is -0.370 e. The van der Waals surface area contributed by atoms with E-state index in [1.807, 2.05) is 19.9 Å². The van der Waals surface area contributed by atoms with Crippen LogP contribution >= 0.6 is 0 Å². The maximum atomic E-state index is 13.9. The fraction of sp³-hybridized carbons (Fsp3) is 0.552. The molecule has 1 aliphatic carbocycles. The molecule has 3 amide bonds. The van der Waals surface area contributed by atoms with Gasteiger partial charge >= 0.3 is 12.1 Å². The summed E-state index contributed by atoms with van der Waals surface area (Å²) in [6.45, 7) is 10.3. The van der Waals surface area contributed by atoms with Crippen molar-refractivity contribution >= 4 is 23.2 Å². The molecular formula is C29H33F3N6O4. The van der Waals surface area contributed by atoms with E-state index in [2.05, 4.69) is 16.3 Å². The van der Waals surface area contributed by atoms with E-state index in [-0.39, 0.29) is 23.8 Å². The van der Waals surface area contributed by atoms with Gasteiger partial charge in [0.2, 0.25) is 11.8 Å². The number of fused-ring (bicyclic) bond motifs is 2. The van der Waals surface area contributed by atoms with E-state index < -0.39 is 53.7 Å². The molecule has 3 heterocycles. The number of carbonyl (C=O) groups is 3. The van der Waals surface area contributed by atoms with Gasteiger partial charge < -0.3 is 20.3 Å². The molecule has 2 N–H and O–H groups in total. The van der Waals surface area contributed by atoms with Crippen LogP contribution in [0, 0.1) is 40.9 Å². The molecule has 2 fully saturated rings. The number of ether oxygens (including phenoxy) is 1. The Labute approximate surface area is 241 Å². The molecule has 2 aliphatic rings. The lowest BCUT2D eigenvalue weighted by Gasteiger charge is -2.36. The number of terminal acetylenes is 1. The van der Waals surface area contributed by atoms with Crippen LogP contribution in [-0.4, -0.2) is 68.7 Å². The van der Waals surface area contributed by atoms with Crippen LogP contribution in [0.3, 0.4) is 0 Å². The molecule has 224 valence electrons. The first-order valence-corrected chi connectivity index (χ1v) is 13.4. The Hall–Kier alpha value is -4.10. The molecule has 10 nitrogen and oxygen atoms in total. The zero-order chi connectivity index (χ0) is 31.4. The summed E-state index contributed by atoms with van der Waals surface area (Å²) in [7, 11) is 0. The number of piperidine rings is 1. The molecule has 2 aromatic rings. The fourth-order valence-corrected chi connectivity index (χ4v) is 6.02. The molecule has 0 spiro atoms. The molecule has 6 atom stereocenters. The Kier molecular flexibility index (Phi) is 7.80. The average Bonchev–Trinajstić information content (AvgIpc) is 3.27. The number of amides is 3. The van der Waals surface area contributed by atoms with Gasteiger partial charge in [0.05, 0.1) is 35.1 Å². The van der Waals surface area contributed by atoms with Crippen molar-refractivity contribution in [3.05, 3.63) is 35.7 Å². The van der Waals surface area contributed by atoms with Crippen LogP contribution in [0.1, 0.15) is 58.7 Å². The highest BCUT2D eigenvalue weighted by Crippen LogP contribution is 2.65. The van der Waals surface area contributed by atoms with E-state index in [9.17, 15) is 32.8 Å². The topological polar surface area (TPSA) is 129 Å². The number of rotatable bonds is 7. The summed E-state index contributed by atoms with van der Waals surface area (Å²) >= 11 is 0. The predicted molar refractivity (Wildman–Crippen MR) is 144 cm³/mol. The highest BCUT2D eigenvalue weighted by molar-refractivity contribution is 5.95. The van der Waals surface area contributed by atoms with Crippen LogP contribution < -0.4 is 10.6 Å². The summed E-state index contributed by atoms with van der Waals surface area (Å²) in [5.74, 6) is -1.73. The minimum atomic E-state index is -5.24. The van der Waals surface area contributed by atoms with Crippen molar-refractivity contribution in [2.24, 2.45) is 17.3 Å². The molecule has 1 unspecified atom stereocenters. The first kappa shape index (κ1) is 30.8. The van der Waals surface area contributed by atoms with Gasteiger partial charge in [0.25, 0.3) is 0 Å². The Bertz CT molecular complexity index is 1500. The highest BCUT2D eigenvalue weighted by Gasteiger charge is 2.69. The molecule has 4 rings (SSSR count). The van der Waals surface area contributed by atoms with Crippen molar-refractivity contribution in [1.82, 2.24) is 25.1 Å². The van der Waals surface area contributed by atoms with Crippen LogP contribution in [0.2, 0.25) is 0 Å². The molecule has 0 aromatic carbocycles. The third kappa shape index (κ3) is 5.66. The molecular weight excluding hydrogens is 553 g/mol. The van der Waals surface area contributed by atoms with Crippen LogP contribution in [0.25, 0.3) is 5.52 Å². The largest absolute Gasteiger partial charge is 0.471 e. The summed E-state index contributed by atoms with van der Waals surface area (Å²) in [6, 6.07) is 1.39. The third-order valence-corrected chi connectivity index (χ3v) is 8.03. The molecule has 13 heteroatoms. The maximum absolute atomic E-state index is 13.9. The number of pyridine rings is 1. The van der Waals surface area contributed by atoms with Crippen molar-refractivity contribution < 1.29 is 32.3 Å². The van der Waals surface area contributed by atoms with Gasteiger partial charge in [-0.2, -0.15) is 23.5 Å². The Morgan fingerprint density at radius 1 is 1.24 bits per heavy atom. The lowest BCUT2D eigenvalue weighted by atomic mass is 9.98. The molecule has 0 radical (unpaired) electrons. The second kappa shape index (κ2) is 10.6. The first-order chi connectivity index (χ1) is 19.4. The number of nitriles is 1. The number of alkyl halides is 3. The van der Waals surface area contributed by atoms with Gasteiger partial charge in [-0.15, -0.1) is 6.42 Å². The SMILES string of the molecule is C#Cc1cccn2ncc(C(C#N)NC(=O)[C@@H]3[C@@H]4[C@H](CN3C(=O)[C@@H](NC(=O)C(F)(F)F)[C@@H](C)OC(C)(C)C)C4(C)C)c12. The van der Waals surface area contributed by atoms with E-state index >= 15 is 0 Å². The van der Waals surface area contributed by atoms with Gasteiger partial charge in [0.1, 0.15) is 18.1 Å². The summed E-state index contributed by atoms with van der Waals surface area (Å²) in [5, 5.41) is 18.7. The van der Waals surface area contributed by atoms with Crippen molar-refractivity contribution in [3.63, 3.8) is 0 Å². The van der Waals surface area contributed by atoms with E-state index in [4.69, 9.17) is 11.2 Å². The number of hydrogen-bond acceptors (Lipinski definition) is 6. The molecule has 42 heavy (non-hydrogen) atoms. The number of halogens is 3. The maximum Gasteiger partial charge on any atom is 0.471 e. The van der Waals surface area contributed by atoms with Crippen LogP contribution in [0.5, 0.6) is 0 Å². The highest BCUT2D eigenvalue weighted by atomic mass is 19.4. The fourth-order valence-electron chi connectivity index (χ4n) is 6.02. The summed E-state index contributed by atoms with van der Waals surface area (Å²) in [5.41, 5.74) is 0.0820. The van der Waals surface area contributed by atoms with Gasteiger partial charge in [0, 0.05) is 18.3 Å². The number of likely N-dealkylation sites (tertiary alicyclic amines) is 1. The summed E-state index contributed by atoms with van der Waals surface area (Å²) in [4.78, 5) is 40.8.